The van der Waals surface area contributed by atoms with E-state index in [1.54, 1.807) is 0 Å². The largest absolute Gasteiger partial charge is 0.396 e. The van der Waals surface area contributed by atoms with E-state index >= 15 is 0 Å². The lowest BCUT2D eigenvalue weighted by molar-refractivity contribution is -0.157. The van der Waals surface area contributed by atoms with Gasteiger partial charge in [0.05, 0.1) is 19.3 Å². The van der Waals surface area contributed by atoms with E-state index in [2.05, 4.69) is 33.8 Å². The molecule has 15 heavy (non-hydrogen) atoms. The first-order valence-corrected chi connectivity index (χ1v) is 5.93. The third-order valence-electron chi connectivity index (χ3n) is 4.81. The number of aliphatic hydroxyl groups excluding tert-OH is 1. The fourth-order valence-corrected chi connectivity index (χ4v) is 3.60. The molecule has 86 valence electrons. The second kappa shape index (κ2) is 3.60. The van der Waals surface area contributed by atoms with Gasteiger partial charge in [0, 0.05) is 11.3 Å². The molecule has 2 bridgehead atoms. The predicted molar refractivity (Wildman–Crippen MR) is 60.5 cm³/mol. The molecule has 1 aliphatic carbocycles. The van der Waals surface area contributed by atoms with Gasteiger partial charge in [-0.25, -0.2) is 0 Å². The maximum absolute atomic E-state index is 9.70. The molecule has 2 heteroatoms. The summed E-state index contributed by atoms with van der Waals surface area (Å²) in [6.45, 7) is 9.76. The van der Waals surface area contributed by atoms with E-state index in [0.717, 1.165) is 0 Å². The summed E-state index contributed by atoms with van der Waals surface area (Å²) in [6.07, 6.45) is 2.63. The lowest BCUT2D eigenvalue weighted by atomic mass is 9.56. The van der Waals surface area contributed by atoms with Gasteiger partial charge in [-0.05, 0) is 25.7 Å². The summed E-state index contributed by atoms with van der Waals surface area (Å²) in [5.41, 5.74) is 1.39. The van der Waals surface area contributed by atoms with Gasteiger partial charge in [-0.2, -0.15) is 0 Å². The molecule has 1 saturated heterocycles. The molecule has 0 saturated carbocycles. The van der Waals surface area contributed by atoms with Crippen molar-refractivity contribution < 1.29 is 9.84 Å². The second-order valence-electron chi connectivity index (χ2n) is 5.42. The zero-order chi connectivity index (χ0) is 11.2. The van der Waals surface area contributed by atoms with Crippen molar-refractivity contribution in [1.29, 1.82) is 0 Å². The van der Waals surface area contributed by atoms with E-state index in [9.17, 15) is 5.11 Å². The van der Waals surface area contributed by atoms with Crippen molar-refractivity contribution in [1.82, 2.24) is 0 Å². The van der Waals surface area contributed by atoms with Crippen LogP contribution in [0.2, 0.25) is 0 Å². The molecule has 2 aliphatic rings. The molecule has 0 aromatic carbocycles. The summed E-state index contributed by atoms with van der Waals surface area (Å²) in [7, 11) is 0. The minimum Gasteiger partial charge on any atom is -0.396 e. The van der Waals surface area contributed by atoms with Crippen LogP contribution in [-0.2, 0) is 4.74 Å². The molecule has 5 atom stereocenters. The van der Waals surface area contributed by atoms with Gasteiger partial charge in [-0.1, -0.05) is 25.5 Å². The van der Waals surface area contributed by atoms with Crippen LogP contribution < -0.4 is 0 Å². The molecule has 2 rings (SSSR count). The molecule has 1 heterocycles. The van der Waals surface area contributed by atoms with E-state index in [-0.39, 0.29) is 12.0 Å². The number of aliphatic hydroxyl groups is 1. The summed E-state index contributed by atoms with van der Waals surface area (Å²) in [4.78, 5) is 0. The number of ether oxygens (including phenoxy) is 1. The van der Waals surface area contributed by atoms with E-state index in [4.69, 9.17) is 4.74 Å². The van der Waals surface area contributed by atoms with Crippen molar-refractivity contribution in [3.8, 4) is 0 Å². The molecule has 0 spiro atoms. The lowest BCUT2D eigenvalue weighted by Gasteiger charge is -2.54. The Bertz CT molecular complexity index is 284. The van der Waals surface area contributed by atoms with Gasteiger partial charge >= 0.3 is 0 Å². The Labute approximate surface area is 92.3 Å². The van der Waals surface area contributed by atoms with Crippen LogP contribution in [0.3, 0.4) is 0 Å². The number of hydrogen-bond donors (Lipinski definition) is 1. The zero-order valence-corrected chi connectivity index (χ0v) is 10.2. The first kappa shape index (κ1) is 11.2. The van der Waals surface area contributed by atoms with Crippen LogP contribution in [0.4, 0.5) is 0 Å². The normalized spacial score (nSPS) is 50.1. The first-order chi connectivity index (χ1) is 7.03. The zero-order valence-electron chi connectivity index (χ0n) is 10.2. The highest BCUT2D eigenvalue weighted by molar-refractivity contribution is 5.20. The third kappa shape index (κ3) is 1.38. The van der Waals surface area contributed by atoms with E-state index < -0.39 is 0 Å². The van der Waals surface area contributed by atoms with Crippen molar-refractivity contribution in [3.63, 3.8) is 0 Å². The molecular weight excluding hydrogens is 188 g/mol. The Morgan fingerprint density at radius 3 is 2.73 bits per heavy atom. The van der Waals surface area contributed by atoms with Crippen molar-refractivity contribution in [2.75, 3.05) is 13.2 Å². The smallest absolute Gasteiger partial charge is 0.0615 e. The van der Waals surface area contributed by atoms with E-state index in [0.29, 0.717) is 30.5 Å². The summed E-state index contributed by atoms with van der Waals surface area (Å²) in [6, 6.07) is 0. The van der Waals surface area contributed by atoms with Gasteiger partial charge in [0.2, 0.25) is 0 Å². The molecule has 1 fully saturated rings. The van der Waals surface area contributed by atoms with Crippen LogP contribution in [0.15, 0.2) is 11.6 Å². The average molecular weight is 210 g/mol. The Balaban J connectivity index is 2.43. The van der Waals surface area contributed by atoms with Crippen LogP contribution in [-0.4, -0.2) is 24.4 Å². The highest BCUT2D eigenvalue weighted by Crippen LogP contribution is 2.51. The van der Waals surface area contributed by atoms with Gasteiger partial charge in [-0.3, -0.25) is 0 Å². The molecule has 2 nitrogen and oxygen atoms in total. The molecule has 0 amide bonds. The fraction of sp³-hybridized carbons (Fsp3) is 0.846. The molecule has 0 aromatic rings. The lowest BCUT2D eigenvalue weighted by Crippen LogP contribution is -2.55. The molecule has 1 aliphatic heterocycles. The molecule has 0 radical (unpaired) electrons. The minimum atomic E-state index is -0.0450. The fourth-order valence-electron chi connectivity index (χ4n) is 3.60. The summed E-state index contributed by atoms with van der Waals surface area (Å²) in [5.74, 6) is 1.43. The molecular formula is C13H22O2. The van der Waals surface area contributed by atoms with Crippen LogP contribution >= 0.6 is 0 Å². The van der Waals surface area contributed by atoms with Crippen molar-refractivity contribution in [2.24, 2.45) is 23.2 Å². The number of rotatable bonds is 1. The average Bonchev–Trinajstić information content (AvgIpc) is 2.17. The standard InChI is InChI=1S/C13H22O2/c1-8-5-9(2)13(6-14)7-15-11(4)12(8)10(13)3/h5,9-12,14H,6-7H2,1-4H3/t9?,10-,11?,12?,13?/m1/s1. The Morgan fingerprint density at radius 2 is 2.13 bits per heavy atom. The molecule has 0 aromatic heterocycles. The Hall–Kier alpha value is -0.340. The third-order valence-corrected chi connectivity index (χ3v) is 4.81. The van der Waals surface area contributed by atoms with E-state index in [1.165, 1.54) is 5.57 Å². The van der Waals surface area contributed by atoms with Crippen LogP contribution in [0, 0.1) is 23.2 Å². The maximum Gasteiger partial charge on any atom is 0.0615 e. The SMILES string of the molecule is CC1=CC(C)C2(CO)COC(C)C1[C@H]2C. The minimum absolute atomic E-state index is 0.0450. The quantitative estimate of drug-likeness (QED) is 0.673. The van der Waals surface area contributed by atoms with Crippen molar-refractivity contribution >= 4 is 0 Å². The summed E-state index contributed by atoms with van der Waals surface area (Å²) in [5, 5.41) is 9.70. The number of allylic oxidation sites excluding steroid dienone is 1. The molecule has 4 unspecified atom stereocenters. The first-order valence-electron chi connectivity index (χ1n) is 5.93. The van der Waals surface area contributed by atoms with Gasteiger partial charge in [0.15, 0.2) is 0 Å². The van der Waals surface area contributed by atoms with Gasteiger partial charge in [0.1, 0.15) is 0 Å². The van der Waals surface area contributed by atoms with Gasteiger partial charge in [-0.15, -0.1) is 0 Å². The summed E-state index contributed by atoms with van der Waals surface area (Å²) < 4.78 is 5.85. The Kier molecular flexibility index (Phi) is 2.68. The molecule has 1 N–H and O–H groups in total. The maximum atomic E-state index is 9.70. The van der Waals surface area contributed by atoms with Crippen LogP contribution in [0.25, 0.3) is 0 Å². The van der Waals surface area contributed by atoms with Crippen molar-refractivity contribution in [3.05, 3.63) is 11.6 Å². The van der Waals surface area contributed by atoms with Gasteiger partial charge < -0.3 is 9.84 Å². The topological polar surface area (TPSA) is 29.5 Å². The Morgan fingerprint density at radius 1 is 1.47 bits per heavy atom. The predicted octanol–water partition coefficient (Wildman–Crippen LogP) is 2.23. The highest BCUT2D eigenvalue weighted by Gasteiger charge is 2.51. The second-order valence-corrected chi connectivity index (χ2v) is 5.42. The summed E-state index contributed by atoms with van der Waals surface area (Å²) >= 11 is 0. The van der Waals surface area contributed by atoms with Crippen LogP contribution in [0.1, 0.15) is 27.7 Å². The van der Waals surface area contributed by atoms with E-state index in [1.807, 2.05) is 0 Å². The van der Waals surface area contributed by atoms with Gasteiger partial charge in [0.25, 0.3) is 0 Å². The van der Waals surface area contributed by atoms with Crippen molar-refractivity contribution in [2.45, 2.75) is 33.8 Å². The highest BCUT2D eigenvalue weighted by atomic mass is 16.5. The monoisotopic (exact) mass is 210 g/mol. The van der Waals surface area contributed by atoms with Crippen LogP contribution in [0.5, 0.6) is 0 Å². The number of hydrogen-bond acceptors (Lipinski definition) is 2. The number of fused-ring (bicyclic) bond motifs is 2.